The molecule has 0 unspecified atom stereocenters. The van der Waals surface area contributed by atoms with E-state index in [0.29, 0.717) is 11.3 Å². The highest BCUT2D eigenvalue weighted by Crippen LogP contribution is 2.27. The maximum atomic E-state index is 14.1. The van der Waals surface area contributed by atoms with Gasteiger partial charge in [0.05, 0.1) is 7.11 Å². The van der Waals surface area contributed by atoms with Crippen molar-refractivity contribution in [3.63, 3.8) is 0 Å². The van der Waals surface area contributed by atoms with E-state index in [1.54, 1.807) is 18.2 Å². The van der Waals surface area contributed by atoms with E-state index in [9.17, 15) is 4.39 Å². The van der Waals surface area contributed by atoms with E-state index < -0.39 is 5.82 Å². The molecule has 1 atom stereocenters. The summed E-state index contributed by atoms with van der Waals surface area (Å²) in [6, 6.07) is 12.5. The van der Waals surface area contributed by atoms with Crippen molar-refractivity contribution in [2.75, 3.05) is 7.11 Å². The number of halogens is 1. The fourth-order valence-corrected chi connectivity index (χ4v) is 2.12. The van der Waals surface area contributed by atoms with Crippen LogP contribution in [0.15, 0.2) is 42.5 Å². The highest BCUT2D eigenvalue weighted by atomic mass is 19.1. The SMILES string of the molecule is CC[C@@H](N)c1ccccc1OCc1cccc(OC)c1F. The number of nitrogens with two attached hydrogens (primary N) is 1. The minimum atomic E-state index is -0.391. The van der Waals surface area contributed by atoms with E-state index in [2.05, 4.69) is 0 Å². The Morgan fingerprint density at radius 3 is 2.52 bits per heavy atom. The lowest BCUT2D eigenvalue weighted by molar-refractivity contribution is 0.291. The smallest absolute Gasteiger partial charge is 0.171 e. The molecule has 0 fully saturated rings. The van der Waals surface area contributed by atoms with Crippen molar-refractivity contribution in [3.05, 3.63) is 59.4 Å². The van der Waals surface area contributed by atoms with E-state index >= 15 is 0 Å². The molecule has 2 N–H and O–H groups in total. The van der Waals surface area contributed by atoms with Crippen LogP contribution >= 0.6 is 0 Å². The topological polar surface area (TPSA) is 44.5 Å². The Labute approximate surface area is 124 Å². The predicted octanol–water partition coefficient (Wildman–Crippen LogP) is 3.82. The lowest BCUT2D eigenvalue weighted by Gasteiger charge is -2.16. The van der Waals surface area contributed by atoms with Crippen LogP contribution in [0.25, 0.3) is 0 Å². The summed E-state index contributed by atoms with van der Waals surface area (Å²) in [4.78, 5) is 0. The lowest BCUT2D eigenvalue weighted by atomic mass is 10.0. The molecule has 0 spiro atoms. The van der Waals surface area contributed by atoms with Gasteiger partial charge in [-0.2, -0.15) is 0 Å². The number of methoxy groups -OCH3 is 1. The molecule has 2 aromatic rings. The van der Waals surface area contributed by atoms with Crippen LogP contribution in [0.3, 0.4) is 0 Å². The molecule has 0 aliphatic carbocycles. The first-order valence-electron chi connectivity index (χ1n) is 6.96. The number of benzene rings is 2. The van der Waals surface area contributed by atoms with Gasteiger partial charge in [-0.3, -0.25) is 0 Å². The molecule has 4 heteroatoms. The minimum absolute atomic E-state index is 0.0867. The van der Waals surface area contributed by atoms with E-state index in [0.717, 1.165) is 12.0 Å². The Hall–Kier alpha value is -2.07. The molecular weight excluding hydrogens is 269 g/mol. The molecule has 3 nitrogen and oxygen atoms in total. The Morgan fingerprint density at radius 2 is 1.81 bits per heavy atom. The van der Waals surface area contributed by atoms with Gasteiger partial charge in [0.2, 0.25) is 0 Å². The first kappa shape index (κ1) is 15.3. The van der Waals surface area contributed by atoms with Crippen LogP contribution < -0.4 is 15.2 Å². The number of hydrogen-bond acceptors (Lipinski definition) is 3. The fourth-order valence-electron chi connectivity index (χ4n) is 2.12. The van der Waals surface area contributed by atoms with Crippen molar-refractivity contribution in [1.82, 2.24) is 0 Å². The quantitative estimate of drug-likeness (QED) is 0.879. The Morgan fingerprint density at radius 1 is 1.10 bits per heavy atom. The third kappa shape index (κ3) is 3.52. The van der Waals surface area contributed by atoms with Crippen LogP contribution in [-0.2, 0) is 6.61 Å². The van der Waals surface area contributed by atoms with Crippen molar-refractivity contribution >= 4 is 0 Å². The standard InChI is InChI=1S/C17H20FNO2/c1-3-14(19)13-8-4-5-9-15(13)21-11-12-7-6-10-16(20-2)17(12)18/h4-10,14H,3,11,19H2,1-2H3/t14-/m1/s1. The second-order valence-corrected chi connectivity index (χ2v) is 4.77. The summed E-state index contributed by atoms with van der Waals surface area (Å²) in [7, 11) is 1.44. The maximum Gasteiger partial charge on any atom is 0.171 e. The molecule has 0 aliphatic heterocycles. The average molecular weight is 289 g/mol. The van der Waals surface area contributed by atoms with Crippen molar-refractivity contribution < 1.29 is 13.9 Å². The van der Waals surface area contributed by atoms with Gasteiger partial charge in [-0.1, -0.05) is 37.3 Å². The zero-order valence-corrected chi connectivity index (χ0v) is 12.3. The first-order valence-corrected chi connectivity index (χ1v) is 6.96. The van der Waals surface area contributed by atoms with E-state index in [-0.39, 0.29) is 18.4 Å². The van der Waals surface area contributed by atoms with Crippen LogP contribution in [0.2, 0.25) is 0 Å². The summed E-state index contributed by atoms with van der Waals surface area (Å²) >= 11 is 0. The Bertz CT molecular complexity index is 601. The van der Waals surface area contributed by atoms with Crippen LogP contribution in [0.4, 0.5) is 4.39 Å². The Balaban J connectivity index is 2.17. The highest BCUT2D eigenvalue weighted by Gasteiger charge is 2.12. The molecule has 0 amide bonds. The predicted molar refractivity (Wildman–Crippen MR) is 80.9 cm³/mol. The summed E-state index contributed by atoms with van der Waals surface area (Å²) < 4.78 is 24.8. The summed E-state index contributed by atoms with van der Waals surface area (Å²) in [6.45, 7) is 2.15. The maximum absolute atomic E-state index is 14.1. The monoisotopic (exact) mass is 289 g/mol. The van der Waals surface area contributed by atoms with Gasteiger partial charge in [0.15, 0.2) is 11.6 Å². The molecule has 0 saturated heterocycles. The molecule has 0 heterocycles. The highest BCUT2D eigenvalue weighted by molar-refractivity contribution is 5.36. The van der Waals surface area contributed by atoms with Crippen molar-refractivity contribution in [2.45, 2.75) is 26.0 Å². The lowest BCUT2D eigenvalue weighted by Crippen LogP contribution is -2.11. The average Bonchev–Trinajstić information content (AvgIpc) is 2.53. The molecular formula is C17H20FNO2. The van der Waals surface area contributed by atoms with Gasteiger partial charge < -0.3 is 15.2 Å². The van der Waals surface area contributed by atoms with Crippen molar-refractivity contribution in [1.29, 1.82) is 0 Å². The number of hydrogen-bond donors (Lipinski definition) is 1. The van der Waals surface area contributed by atoms with Gasteiger partial charge in [-0.15, -0.1) is 0 Å². The zero-order valence-electron chi connectivity index (χ0n) is 12.3. The normalized spacial score (nSPS) is 12.0. The van der Waals surface area contributed by atoms with Crippen LogP contribution in [0.5, 0.6) is 11.5 Å². The van der Waals surface area contributed by atoms with Gasteiger partial charge in [0, 0.05) is 17.2 Å². The summed E-state index contributed by atoms with van der Waals surface area (Å²) in [5, 5.41) is 0. The molecule has 112 valence electrons. The molecule has 0 aliphatic rings. The summed E-state index contributed by atoms with van der Waals surface area (Å²) in [6.07, 6.45) is 0.813. The summed E-state index contributed by atoms with van der Waals surface area (Å²) in [5.41, 5.74) is 7.45. The molecule has 2 rings (SSSR count). The molecule has 0 bridgehead atoms. The van der Waals surface area contributed by atoms with Crippen LogP contribution in [0.1, 0.15) is 30.5 Å². The molecule has 0 radical (unpaired) electrons. The molecule has 0 saturated carbocycles. The van der Waals surface area contributed by atoms with Gasteiger partial charge in [0.1, 0.15) is 12.4 Å². The zero-order chi connectivity index (χ0) is 15.2. The van der Waals surface area contributed by atoms with Gasteiger partial charge in [-0.05, 0) is 18.6 Å². The van der Waals surface area contributed by atoms with Crippen molar-refractivity contribution in [2.24, 2.45) is 5.73 Å². The largest absolute Gasteiger partial charge is 0.494 e. The summed E-state index contributed by atoms with van der Waals surface area (Å²) in [5.74, 6) is 0.515. The van der Waals surface area contributed by atoms with E-state index in [1.807, 2.05) is 31.2 Å². The van der Waals surface area contributed by atoms with Crippen LogP contribution in [0, 0.1) is 5.82 Å². The second-order valence-electron chi connectivity index (χ2n) is 4.77. The van der Waals surface area contributed by atoms with E-state index in [4.69, 9.17) is 15.2 Å². The fraction of sp³-hybridized carbons (Fsp3) is 0.294. The van der Waals surface area contributed by atoms with E-state index in [1.165, 1.54) is 7.11 Å². The molecule has 0 aromatic heterocycles. The van der Waals surface area contributed by atoms with Crippen LogP contribution in [-0.4, -0.2) is 7.11 Å². The number of rotatable bonds is 6. The third-order valence-electron chi connectivity index (χ3n) is 3.40. The first-order chi connectivity index (χ1) is 10.2. The van der Waals surface area contributed by atoms with Gasteiger partial charge >= 0.3 is 0 Å². The minimum Gasteiger partial charge on any atom is -0.494 e. The van der Waals surface area contributed by atoms with Crippen molar-refractivity contribution in [3.8, 4) is 11.5 Å². The molecule has 2 aromatic carbocycles. The Kier molecular flexibility index (Phi) is 5.17. The molecule has 21 heavy (non-hydrogen) atoms. The second kappa shape index (κ2) is 7.09. The van der Waals surface area contributed by atoms with Gasteiger partial charge in [0.25, 0.3) is 0 Å². The third-order valence-corrected chi connectivity index (χ3v) is 3.40. The number of para-hydroxylation sites is 1. The van der Waals surface area contributed by atoms with Gasteiger partial charge in [-0.25, -0.2) is 4.39 Å². The number of ether oxygens (including phenoxy) is 2.